The van der Waals surface area contributed by atoms with Crippen LogP contribution < -0.4 is 0 Å². The standard InChI is InChI=1S/C14H25N3O2/c1-15-6-4-13(5-7-15)16-8-10-17(11-9-16)14(19)3-2-12-18/h12-13H,2-11H2,1H3. The Morgan fingerprint density at radius 3 is 2.32 bits per heavy atom. The van der Waals surface area contributed by atoms with Crippen LogP contribution in [0.15, 0.2) is 0 Å². The van der Waals surface area contributed by atoms with Crippen LogP contribution in [0.3, 0.4) is 0 Å². The summed E-state index contributed by atoms with van der Waals surface area (Å²) in [5.74, 6) is 0.134. The van der Waals surface area contributed by atoms with E-state index in [1.165, 1.54) is 25.9 Å². The number of nitrogens with zero attached hydrogens (tertiary/aromatic N) is 3. The maximum atomic E-state index is 11.8. The van der Waals surface area contributed by atoms with Crippen molar-refractivity contribution in [2.75, 3.05) is 46.3 Å². The van der Waals surface area contributed by atoms with E-state index < -0.39 is 0 Å². The third-order valence-electron chi connectivity index (χ3n) is 4.35. The molecule has 5 nitrogen and oxygen atoms in total. The van der Waals surface area contributed by atoms with Crippen molar-refractivity contribution in [2.45, 2.75) is 31.7 Å². The van der Waals surface area contributed by atoms with Gasteiger partial charge in [-0.15, -0.1) is 0 Å². The highest BCUT2D eigenvalue weighted by molar-refractivity contribution is 5.78. The Balaban J connectivity index is 1.73. The first kappa shape index (κ1) is 14.5. The summed E-state index contributed by atoms with van der Waals surface area (Å²) >= 11 is 0. The summed E-state index contributed by atoms with van der Waals surface area (Å²) in [5.41, 5.74) is 0. The molecule has 0 bridgehead atoms. The number of piperidine rings is 1. The van der Waals surface area contributed by atoms with Crippen molar-refractivity contribution in [1.82, 2.24) is 14.7 Å². The molecule has 108 valence electrons. The number of hydrogen-bond donors (Lipinski definition) is 0. The predicted molar refractivity (Wildman–Crippen MR) is 74.0 cm³/mol. The number of hydrogen-bond acceptors (Lipinski definition) is 4. The van der Waals surface area contributed by atoms with Gasteiger partial charge in [-0.3, -0.25) is 9.69 Å². The lowest BCUT2D eigenvalue weighted by Gasteiger charge is -2.42. The maximum Gasteiger partial charge on any atom is 0.223 e. The molecule has 2 aliphatic heterocycles. The summed E-state index contributed by atoms with van der Waals surface area (Å²) in [6.45, 7) is 5.99. The molecule has 0 radical (unpaired) electrons. The minimum atomic E-state index is 0.134. The molecular weight excluding hydrogens is 242 g/mol. The number of amides is 1. The average Bonchev–Trinajstić information content (AvgIpc) is 2.46. The van der Waals surface area contributed by atoms with Gasteiger partial charge >= 0.3 is 0 Å². The zero-order valence-electron chi connectivity index (χ0n) is 11.9. The zero-order valence-corrected chi connectivity index (χ0v) is 11.9. The normalized spacial score (nSPS) is 23.5. The molecule has 1 amide bonds. The highest BCUT2D eigenvalue weighted by Crippen LogP contribution is 2.17. The van der Waals surface area contributed by atoms with Gasteiger partial charge in [0.25, 0.3) is 0 Å². The Hall–Kier alpha value is -0.940. The Bertz CT molecular complexity index is 306. The lowest BCUT2D eigenvalue weighted by molar-refractivity contribution is -0.134. The maximum absolute atomic E-state index is 11.8. The summed E-state index contributed by atoms with van der Waals surface area (Å²) in [6, 6.07) is 0.698. The van der Waals surface area contributed by atoms with Crippen molar-refractivity contribution < 1.29 is 9.59 Å². The van der Waals surface area contributed by atoms with Crippen molar-refractivity contribution in [3.05, 3.63) is 0 Å². The smallest absolute Gasteiger partial charge is 0.223 e. The van der Waals surface area contributed by atoms with Gasteiger partial charge in [0.1, 0.15) is 6.29 Å². The van der Waals surface area contributed by atoms with Crippen molar-refractivity contribution in [3.63, 3.8) is 0 Å². The Kier molecular flexibility index (Phi) is 5.34. The second-order valence-corrected chi connectivity index (χ2v) is 5.66. The number of likely N-dealkylation sites (tertiary alicyclic amines) is 1. The van der Waals surface area contributed by atoms with Gasteiger partial charge in [-0.1, -0.05) is 0 Å². The van der Waals surface area contributed by atoms with Crippen LogP contribution in [0.25, 0.3) is 0 Å². The molecule has 0 spiro atoms. The lowest BCUT2D eigenvalue weighted by Crippen LogP contribution is -2.54. The second kappa shape index (κ2) is 7.01. The number of rotatable bonds is 4. The van der Waals surface area contributed by atoms with Gasteiger partial charge in [0, 0.05) is 45.1 Å². The van der Waals surface area contributed by atoms with E-state index in [0.717, 1.165) is 32.5 Å². The molecule has 0 saturated carbocycles. The van der Waals surface area contributed by atoms with Crippen LogP contribution >= 0.6 is 0 Å². The number of carbonyl (C=O) groups excluding carboxylic acids is 2. The predicted octanol–water partition coefficient (Wildman–Crippen LogP) is 0.204. The van der Waals surface area contributed by atoms with E-state index >= 15 is 0 Å². The third-order valence-corrected chi connectivity index (χ3v) is 4.35. The molecule has 2 heterocycles. The first-order chi connectivity index (χ1) is 9.20. The molecule has 2 rings (SSSR count). The molecule has 19 heavy (non-hydrogen) atoms. The fourth-order valence-corrected chi connectivity index (χ4v) is 3.04. The molecule has 0 aliphatic carbocycles. The SMILES string of the molecule is CN1CCC(N2CCN(C(=O)CCC=O)CC2)CC1. The Morgan fingerprint density at radius 2 is 1.74 bits per heavy atom. The summed E-state index contributed by atoms with van der Waals surface area (Å²) < 4.78 is 0. The number of aldehydes is 1. The van der Waals surface area contributed by atoms with Crippen LogP contribution in [0.5, 0.6) is 0 Å². The molecule has 0 atom stereocenters. The van der Waals surface area contributed by atoms with Crippen LogP contribution in [0.2, 0.25) is 0 Å². The van der Waals surface area contributed by atoms with Gasteiger partial charge < -0.3 is 14.6 Å². The zero-order chi connectivity index (χ0) is 13.7. The molecule has 0 aromatic carbocycles. The molecule has 2 aliphatic rings. The molecular formula is C14H25N3O2. The molecule has 0 N–H and O–H groups in total. The first-order valence-corrected chi connectivity index (χ1v) is 7.34. The molecule has 5 heteroatoms. The van der Waals surface area contributed by atoms with Crippen molar-refractivity contribution in [3.8, 4) is 0 Å². The Labute approximate surface area is 115 Å². The van der Waals surface area contributed by atoms with Gasteiger partial charge in [-0.05, 0) is 33.0 Å². The topological polar surface area (TPSA) is 43.9 Å². The average molecular weight is 267 g/mol. The van der Waals surface area contributed by atoms with Crippen molar-refractivity contribution in [1.29, 1.82) is 0 Å². The van der Waals surface area contributed by atoms with Gasteiger partial charge in [-0.2, -0.15) is 0 Å². The molecule has 2 fully saturated rings. The second-order valence-electron chi connectivity index (χ2n) is 5.66. The summed E-state index contributed by atoms with van der Waals surface area (Å²) in [7, 11) is 2.18. The minimum absolute atomic E-state index is 0.134. The van der Waals surface area contributed by atoms with Crippen LogP contribution in [-0.4, -0.2) is 79.3 Å². The van der Waals surface area contributed by atoms with E-state index in [1.807, 2.05) is 4.90 Å². The molecule has 0 aromatic rings. The third kappa shape index (κ3) is 4.01. The fourth-order valence-electron chi connectivity index (χ4n) is 3.04. The molecule has 0 aromatic heterocycles. The van der Waals surface area contributed by atoms with E-state index in [2.05, 4.69) is 16.8 Å². The van der Waals surface area contributed by atoms with Gasteiger partial charge in [0.05, 0.1) is 0 Å². The van der Waals surface area contributed by atoms with Crippen LogP contribution in [0, 0.1) is 0 Å². The fraction of sp³-hybridized carbons (Fsp3) is 0.857. The van der Waals surface area contributed by atoms with Gasteiger partial charge in [0.2, 0.25) is 5.91 Å². The van der Waals surface area contributed by atoms with Crippen LogP contribution in [0.4, 0.5) is 0 Å². The van der Waals surface area contributed by atoms with E-state index in [9.17, 15) is 9.59 Å². The minimum Gasteiger partial charge on any atom is -0.340 e. The highest BCUT2D eigenvalue weighted by atomic mass is 16.2. The van der Waals surface area contributed by atoms with Gasteiger partial charge in [0.15, 0.2) is 0 Å². The Morgan fingerprint density at radius 1 is 1.11 bits per heavy atom. The van der Waals surface area contributed by atoms with E-state index in [4.69, 9.17) is 0 Å². The highest BCUT2D eigenvalue weighted by Gasteiger charge is 2.27. The summed E-state index contributed by atoms with van der Waals surface area (Å²) in [4.78, 5) is 29.0. The van der Waals surface area contributed by atoms with Crippen molar-refractivity contribution in [2.24, 2.45) is 0 Å². The van der Waals surface area contributed by atoms with Crippen molar-refractivity contribution >= 4 is 12.2 Å². The number of piperazine rings is 1. The van der Waals surface area contributed by atoms with Crippen LogP contribution in [-0.2, 0) is 9.59 Å². The largest absolute Gasteiger partial charge is 0.340 e. The van der Waals surface area contributed by atoms with E-state index in [-0.39, 0.29) is 5.91 Å². The van der Waals surface area contributed by atoms with Gasteiger partial charge in [-0.25, -0.2) is 0 Å². The summed E-state index contributed by atoms with van der Waals surface area (Å²) in [5, 5.41) is 0. The summed E-state index contributed by atoms with van der Waals surface area (Å²) in [6.07, 6.45) is 4.05. The van der Waals surface area contributed by atoms with E-state index in [0.29, 0.717) is 18.9 Å². The van der Waals surface area contributed by atoms with Crippen LogP contribution in [0.1, 0.15) is 25.7 Å². The molecule has 0 unspecified atom stereocenters. The first-order valence-electron chi connectivity index (χ1n) is 7.34. The lowest BCUT2D eigenvalue weighted by atomic mass is 10.0. The monoisotopic (exact) mass is 267 g/mol. The quantitative estimate of drug-likeness (QED) is 0.683. The van der Waals surface area contributed by atoms with E-state index in [1.54, 1.807) is 0 Å². The number of carbonyl (C=O) groups is 2. The molecule has 2 saturated heterocycles.